The molecule has 0 atom stereocenters. The Morgan fingerprint density at radius 1 is 1.12 bits per heavy atom. The van der Waals surface area contributed by atoms with Crippen LogP contribution in [0.3, 0.4) is 0 Å². The Kier molecular flexibility index (Phi) is 5.76. The fourth-order valence-corrected chi connectivity index (χ4v) is 6.26. The van der Waals surface area contributed by atoms with E-state index in [0.717, 1.165) is 62.5 Å². The Labute approximate surface area is 238 Å². The van der Waals surface area contributed by atoms with Crippen LogP contribution in [-0.4, -0.2) is 82.5 Å². The molecule has 0 spiro atoms. The monoisotopic (exact) mass is 548 g/mol. The lowest BCUT2D eigenvalue weighted by molar-refractivity contribution is 0.0697. The van der Waals surface area contributed by atoms with Gasteiger partial charge in [-0.15, -0.1) is 5.10 Å². The molecule has 0 amide bonds. The average molecular weight is 548 g/mol. The van der Waals surface area contributed by atoms with Crippen LogP contribution in [0.2, 0.25) is 0 Å². The van der Waals surface area contributed by atoms with Gasteiger partial charge in [-0.3, -0.25) is 18.5 Å². The zero-order chi connectivity index (χ0) is 28.6. The van der Waals surface area contributed by atoms with Gasteiger partial charge in [0.05, 0.1) is 52.7 Å². The number of aromatic amines is 1. The Bertz CT molecular complexity index is 2020. The van der Waals surface area contributed by atoms with Crippen LogP contribution in [-0.2, 0) is 24.1 Å². The summed E-state index contributed by atoms with van der Waals surface area (Å²) < 4.78 is 18.8. The Morgan fingerprint density at radius 3 is 2.63 bits per heavy atom. The van der Waals surface area contributed by atoms with Crippen molar-refractivity contribution in [3.63, 3.8) is 0 Å². The number of methoxy groups -OCH3 is 1. The summed E-state index contributed by atoms with van der Waals surface area (Å²) in [4.78, 5) is 22.1. The molecule has 206 valence electrons. The van der Waals surface area contributed by atoms with Gasteiger partial charge in [-0.05, 0) is 35.8 Å². The summed E-state index contributed by atoms with van der Waals surface area (Å²) in [7, 11) is 11.8. The first-order valence-electron chi connectivity index (χ1n) is 13.9. The number of imidazole rings is 1. The maximum atomic E-state index is 13.7. The molecule has 0 radical (unpaired) electrons. The van der Waals surface area contributed by atoms with Crippen molar-refractivity contribution in [1.82, 2.24) is 38.7 Å². The molecule has 0 unspecified atom stereocenters. The molecule has 1 aliphatic rings. The second-order valence-electron chi connectivity index (χ2n) is 11.9. The lowest BCUT2D eigenvalue weighted by Crippen LogP contribution is -2.35. The molecule has 0 aliphatic carbocycles. The molecule has 0 bridgehead atoms. The number of rotatable bonds is 5. The highest BCUT2D eigenvalue weighted by atomic mass is 16.5. The number of ether oxygens (including phenoxy) is 2. The van der Waals surface area contributed by atoms with E-state index in [1.165, 1.54) is 0 Å². The maximum Gasteiger partial charge on any atom is 0.329 e. The fourth-order valence-electron chi connectivity index (χ4n) is 6.26. The number of hydrogen-bond donors (Lipinski definition) is 1. The van der Waals surface area contributed by atoms with Crippen molar-refractivity contribution in [3.8, 4) is 28.3 Å². The van der Waals surface area contributed by atoms with E-state index in [1.54, 1.807) is 22.6 Å². The van der Waals surface area contributed by atoms with E-state index in [4.69, 9.17) is 19.6 Å². The predicted molar refractivity (Wildman–Crippen MR) is 167 cm³/mol. The molecule has 0 saturated carbocycles. The molecule has 14 heteroatoms. The van der Waals surface area contributed by atoms with E-state index in [0.29, 0.717) is 24.7 Å². The van der Waals surface area contributed by atoms with Gasteiger partial charge < -0.3 is 14.5 Å². The highest BCUT2D eigenvalue weighted by molar-refractivity contribution is 6.56. The summed E-state index contributed by atoms with van der Waals surface area (Å²) in [5.41, 5.74) is 6.97. The number of fused-ring (bicyclic) bond motifs is 4. The van der Waals surface area contributed by atoms with Crippen LogP contribution in [0.5, 0.6) is 5.88 Å². The summed E-state index contributed by atoms with van der Waals surface area (Å²) >= 11 is 0. The van der Waals surface area contributed by atoms with Gasteiger partial charge in [0.15, 0.2) is 0 Å². The van der Waals surface area contributed by atoms with Crippen molar-refractivity contribution in [2.24, 2.45) is 14.1 Å². The summed E-state index contributed by atoms with van der Waals surface area (Å²) in [6.07, 6.45) is 7.21. The number of aromatic nitrogens is 8. The first-order valence-corrected chi connectivity index (χ1v) is 13.9. The van der Waals surface area contributed by atoms with Crippen molar-refractivity contribution >= 4 is 56.5 Å². The minimum Gasteiger partial charge on any atom is -0.479 e. The van der Waals surface area contributed by atoms with Crippen molar-refractivity contribution < 1.29 is 9.47 Å². The summed E-state index contributed by atoms with van der Waals surface area (Å²) in [6, 6.07) is 6.45. The minimum absolute atomic E-state index is 0.0391. The van der Waals surface area contributed by atoms with E-state index >= 15 is 0 Å². The van der Waals surface area contributed by atoms with Gasteiger partial charge >= 0.3 is 5.69 Å². The first-order chi connectivity index (χ1) is 19.7. The minimum atomic E-state index is -0.155. The van der Waals surface area contributed by atoms with E-state index in [1.807, 2.05) is 35.7 Å². The molecule has 1 fully saturated rings. The third-order valence-electron chi connectivity index (χ3n) is 8.18. The lowest BCUT2D eigenvalue weighted by atomic mass is 9.49. The summed E-state index contributed by atoms with van der Waals surface area (Å²) in [5, 5.41) is 11.0. The SMILES string of the molecule is BC(B)(B)n1ncc2cc(-c3c(-c4cn(C)nc4OC)[nH]c4ncc5c(c34)n(C3CCOCC3)c(=O)n5C)ccc21. The fraction of sp³-hybridized carbons (Fsp3) is 0.333. The number of aryl methyl sites for hydroxylation is 2. The molecular formula is C27H31B3N8O3. The average Bonchev–Trinajstić information content (AvgIpc) is 3.70. The number of nitrogens with one attached hydrogen (secondary N) is 1. The highest BCUT2D eigenvalue weighted by Gasteiger charge is 2.29. The van der Waals surface area contributed by atoms with E-state index < -0.39 is 0 Å². The van der Waals surface area contributed by atoms with Crippen LogP contribution in [0.15, 0.2) is 41.6 Å². The number of H-pyrrole nitrogens is 1. The van der Waals surface area contributed by atoms with Gasteiger partial charge in [0.2, 0.25) is 5.88 Å². The molecule has 1 saturated heterocycles. The second-order valence-corrected chi connectivity index (χ2v) is 11.9. The van der Waals surface area contributed by atoms with Crippen LogP contribution in [0, 0.1) is 0 Å². The number of pyridine rings is 1. The van der Waals surface area contributed by atoms with E-state index in [-0.39, 0.29) is 17.0 Å². The molecular weight excluding hydrogens is 517 g/mol. The Morgan fingerprint density at radius 2 is 1.90 bits per heavy atom. The number of benzene rings is 1. The number of nitrogens with zero attached hydrogens (tertiary/aromatic N) is 7. The van der Waals surface area contributed by atoms with Gasteiger partial charge in [0.1, 0.15) is 29.2 Å². The summed E-state index contributed by atoms with van der Waals surface area (Å²) in [6.45, 7) is 1.27. The van der Waals surface area contributed by atoms with Gasteiger partial charge in [0, 0.05) is 50.5 Å². The highest BCUT2D eigenvalue weighted by Crippen LogP contribution is 2.44. The number of hydrogen-bond acceptors (Lipinski definition) is 6. The van der Waals surface area contributed by atoms with E-state index in [2.05, 4.69) is 51.8 Å². The van der Waals surface area contributed by atoms with Crippen LogP contribution in [0.25, 0.3) is 55.4 Å². The standard InChI is InChI=1S/C27H31B3N8O3/c1-35-13-17(25(34-35)40-3)22-20(14-4-5-18-15(10-14)11-32-38(18)27(28,29)30)21-23-19(12-31-24(21)33-22)36(2)26(39)37(23)16-6-8-41-9-7-16/h4-5,10-13,16H,6-9,28-30H2,1-3H3,(H,31,33). The second kappa shape index (κ2) is 9.17. The molecule has 6 aromatic rings. The molecule has 1 aliphatic heterocycles. The predicted octanol–water partition coefficient (Wildman–Crippen LogP) is 0.461. The van der Waals surface area contributed by atoms with Gasteiger partial charge in [-0.2, -0.15) is 5.10 Å². The molecule has 41 heavy (non-hydrogen) atoms. The van der Waals surface area contributed by atoms with Crippen molar-refractivity contribution in [2.75, 3.05) is 20.3 Å². The lowest BCUT2D eigenvalue weighted by Gasteiger charge is -2.23. The molecule has 7 rings (SSSR count). The van der Waals surface area contributed by atoms with Gasteiger partial charge in [0.25, 0.3) is 0 Å². The van der Waals surface area contributed by atoms with Crippen molar-refractivity contribution in [2.45, 2.75) is 24.1 Å². The first kappa shape index (κ1) is 25.8. The molecule has 1 N–H and O–H groups in total. The normalized spacial score (nSPS) is 15.0. The molecule has 5 aromatic heterocycles. The Balaban J connectivity index is 1.60. The largest absolute Gasteiger partial charge is 0.479 e. The van der Waals surface area contributed by atoms with E-state index in [9.17, 15) is 4.79 Å². The smallest absolute Gasteiger partial charge is 0.329 e. The van der Waals surface area contributed by atoms with Crippen LogP contribution in [0.1, 0.15) is 18.9 Å². The van der Waals surface area contributed by atoms with Crippen LogP contribution < -0.4 is 10.4 Å². The van der Waals surface area contributed by atoms with Crippen LogP contribution >= 0.6 is 0 Å². The molecule has 11 nitrogen and oxygen atoms in total. The maximum absolute atomic E-state index is 13.7. The third-order valence-corrected chi connectivity index (χ3v) is 8.18. The zero-order valence-corrected chi connectivity index (χ0v) is 24.2. The van der Waals surface area contributed by atoms with Gasteiger partial charge in [-0.1, -0.05) is 6.07 Å². The quantitative estimate of drug-likeness (QED) is 0.314. The Hall–Kier alpha value is -4.19. The molecule has 1 aromatic carbocycles. The topological polar surface area (TPSA) is 110 Å². The van der Waals surface area contributed by atoms with Crippen molar-refractivity contribution in [3.05, 3.63) is 47.3 Å². The van der Waals surface area contributed by atoms with Crippen LogP contribution in [0.4, 0.5) is 0 Å². The zero-order valence-electron chi connectivity index (χ0n) is 24.2. The third kappa shape index (κ3) is 3.87. The van der Waals surface area contributed by atoms with Gasteiger partial charge in [-0.25, -0.2) is 9.78 Å². The summed E-state index contributed by atoms with van der Waals surface area (Å²) in [5.74, 6) is 0.507. The van der Waals surface area contributed by atoms with Crippen molar-refractivity contribution in [1.29, 1.82) is 0 Å². The molecule has 6 heterocycles.